The number of benzene rings is 1. The SMILES string of the molecule is CN(Cc1cnc2ccccn12)[C@H](CO)c1cccc(F)c1. The van der Waals surface area contributed by atoms with E-state index in [9.17, 15) is 9.50 Å². The Labute approximate surface area is 128 Å². The molecule has 0 bridgehead atoms. The van der Waals surface area contributed by atoms with Crippen LogP contribution >= 0.6 is 0 Å². The minimum Gasteiger partial charge on any atom is -0.394 e. The first-order chi connectivity index (χ1) is 10.7. The van der Waals surface area contributed by atoms with Gasteiger partial charge in [-0.25, -0.2) is 9.37 Å². The number of aromatic nitrogens is 2. The lowest BCUT2D eigenvalue weighted by molar-refractivity contribution is 0.141. The molecule has 0 radical (unpaired) electrons. The van der Waals surface area contributed by atoms with E-state index in [4.69, 9.17) is 0 Å². The summed E-state index contributed by atoms with van der Waals surface area (Å²) in [4.78, 5) is 6.35. The van der Waals surface area contributed by atoms with E-state index in [1.165, 1.54) is 12.1 Å². The first kappa shape index (κ1) is 14.7. The molecule has 0 amide bonds. The van der Waals surface area contributed by atoms with Crippen LogP contribution in [-0.4, -0.2) is 33.0 Å². The summed E-state index contributed by atoms with van der Waals surface area (Å²) in [5.41, 5.74) is 2.67. The molecule has 0 unspecified atom stereocenters. The number of pyridine rings is 1. The summed E-state index contributed by atoms with van der Waals surface area (Å²) in [6, 6.07) is 11.9. The lowest BCUT2D eigenvalue weighted by Gasteiger charge is -2.26. The van der Waals surface area contributed by atoms with Gasteiger partial charge in [0.25, 0.3) is 0 Å². The fourth-order valence-electron chi connectivity index (χ4n) is 2.68. The van der Waals surface area contributed by atoms with Gasteiger partial charge < -0.3 is 9.51 Å². The van der Waals surface area contributed by atoms with Crippen LogP contribution in [0.15, 0.2) is 54.9 Å². The Morgan fingerprint density at radius 1 is 1.27 bits per heavy atom. The number of rotatable bonds is 5. The van der Waals surface area contributed by atoms with Crippen LogP contribution in [-0.2, 0) is 6.54 Å². The first-order valence-corrected chi connectivity index (χ1v) is 7.16. The van der Waals surface area contributed by atoms with E-state index in [1.807, 2.05) is 53.0 Å². The summed E-state index contributed by atoms with van der Waals surface area (Å²) < 4.78 is 15.4. The number of fused-ring (bicyclic) bond motifs is 1. The van der Waals surface area contributed by atoms with Crippen LogP contribution in [0.5, 0.6) is 0 Å². The fraction of sp³-hybridized carbons (Fsp3) is 0.235. The molecule has 0 saturated carbocycles. The Balaban J connectivity index is 1.84. The van der Waals surface area contributed by atoms with Crippen molar-refractivity contribution < 1.29 is 9.50 Å². The molecular formula is C17H18FN3O. The third kappa shape index (κ3) is 2.86. The highest BCUT2D eigenvalue weighted by Crippen LogP contribution is 2.22. The van der Waals surface area contributed by atoms with Crippen LogP contribution in [0.25, 0.3) is 5.65 Å². The summed E-state index contributed by atoms with van der Waals surface area (Å²) >= 11 is 0. The van der Waals surface area contributed by atoms with Crippen molar-refractivity contribution in [3.8, 4) is 0 Å². The van der Waals surface area contributed by atoms with E-state index in [1.54, 1.807) is 6.07 Å². The van der Waals surface area contributed by atoms with Gasteiger partial charge in [0, 0.05) is 12.7 Å². The standard InChI is InChI=1S/C17H18FN3O/c1-20(16(12-22)13-5-4-6-14(18)9-13)11-15-10-19-17-7-2-3-8-21(15)17/h2-10,16,22H,11-12H2,1H3/t16-/m1/s1. The molecule has 0 fully saturated rings. The van der Waals surface area contributed by atoms with Crippen molar-refractivity contribution in [2.75, 3.05) is 13.7 Å². The van der Waals surface area contributed by atoms with Crippen molar-refractivity contribution in [1.82, 2.24) is 14.3 Å². The molecule has 0 aliphatic carbocycles. The molecule has 114 valence electrons. The normalized spacial score (nSPS) is 12.9. The molecule has 3 aromatic rings. The maximum absolute atomic E-state index is 13.4. The summed E-state index contributed by atoms with van der Waals surface area (Å²) in [7, 11) is 1.91. The third-order valence-electron chi connectivity index (χ3n) is 3.84. The van der Waals surface area contributed by atoms with Crippen molar-refractivity contribution >= 4 is 5.65 Å². The molecule has 0 spiro atoms. The first-order valence-electron chi connectivity index (χ1n) is 7.16. The number of likely N-dealkylation sites (N-methyl/N-ethyl adjacent to an activating group) is 1. The monoisotopic (exact) mass is 299 g/mol. The lowest BCUT2D eigenvalue weighted by Crippen LogP contribution is -2.27. The highest BCUT2D eigenvalue weighted by atomic mass is 19.1. The number of imidazole rings is 1. The van der Waals surface area contributed by atoms with Crippen molar-refractivity contribution in [2.45, 2.75) is 12.6 Å². The average Bonchev–Trinajstić information content (AvgIpc) is 2.91. The van der Waals surface area contributed by atoms with Gasteiger partial charge in [0.05, 0.1) is 24.5 Å². The van der Waals surface area contributed by atoms with Gasteiger partial charge in [0.1, 0.15) is 11.5 Å². The average molecular weight is 299 g/mol. The van der Waals surface area contributed by atoms with Gasteiger partial charge in [0.2, 0.25) is 0 Å². The summed E-state index contributed by atoms with van der Waals surface area (Å²) in [5.74, 6) is -0.292. The number of aliphatic hydroxyl groups is 1. The molecule has 5 heteroatoms. The number of hydrogen-bond donors (Lipinski definition) is 1. The molecule has 22 heavy (non-hydrogen) atoms. The van der Waals surface area contributed by atoms with E-state index >= 15 is 0 Å². The summed E-state index contributed by atoms with van der Waals surface area (Å²) in [6.07, 6.45) is 3.79. The van der Waals surface area contributed by atoms with Crippen molar-refractivity contribution in [3.05, 3.63) is 71.9 Å². The van der Waals surface area contributed by atoms with E-state index in [-0.39, 0.29) is 18.5 Å². The van der Waals surface area contributed by atoms with Gasteiger partial charge in [-0.05, 0) is 36.9 Å². The van der Waals surface area contributed by atoms with E-state index in [0.717, 1.165) is 16.9 Å². The molecule has 3 rings (SSSR count). The van der Waals surface area contributed by atoms with Gasteiger partial charge in [-0.2, -0.15) is 0 Å². The van der Waals surface area contributed by atoms with Crippen LogP contribution < -0.4 is 0 Å². The Bertz CT molecular complexity index is 771. The Hall–Kier alpha value is -2.24. The molecule has 0 aliphatic rings. The zero-order valence-electron chi connectivity index (χ0n) is 12.4. The van der Waals surface area contributed by atoms with Crippen molar-refractivity contribution in [2.24, 2.45) is 0 Å². The quantitative estimate of drug-likeness (QED) is 0.787. The van der Waals surface area contributed by atoms with Crippen molar-refractivity contribution in [3.63, 3.8) is 0 Å². The molecule has 4 nitrogen and oxygen atoms in total. The third-order valence-corrected chi connectivity index (χ3v) is 3.84. The second-order valence-electron chi connectivity index (χ2n) is 5.35. The highest BCUT2D eigenvalue weighted by molar-refractivity contribution is 5.39. The smallest absolute Gasteiger partial charge is 0.136 e. The molecule has 0 aliphatic heterocycles. The molecule has 1 N–H and O–H groups in total. The summed E-state index contributed by atoms with van der Waals surface area (Å²) in [6.45, 7) is 0.531. The maximum Gasteiger partial charge on any atom is 0.136 e. The van der Waals surface area contributed by atoms with E-state index in [2.05, 4.69) is 4.98 Å². The van der Waals surface area contributed by atoms with Crippen LogP contribution in [0.2, 0.25) is 0 Å². The zero-order valence-corrected chi connectivity index (χ0v) is 12.4. The van der Waals surface area contributed by atoms with E-state index < -0.39 is 0 Å². The minimum absolute atomic E-state index is 0.0727. The predicted molar refractivity (Wildman–Crippen MR) is 82.9 cm³/mol. The Morgan fingerprint density at radius 3 is 2.91 bits per heavy atom. The molecule has 0 saturated heterocycles. The van der Waals surface area contributed by atoms with E-state index in [0.29, 0.717) is 6.54 Å². The van der Waals surface area contributed by atoms with Crippen molar-refractivity contribution in [1.29, 1.82) is 0 Å². The lowest BCUT2D eigenvalue weighted by atomic mass is 10.1. The molecule has 1 atom stereocenters. The van der Waals surface area contributed by atoms with Gasteiger partial charge in [0.15, 0.2) is 0 Å². The second kappa shape index (κ2) is 6.25. The largest absolute Gasteiger partial charge is 0.394 e. The zero-order chi connectivity index (χ0) is 15.5. The van der Waals surface area contributed by atoms with Crippen LogP contribution in [0.4, 0.5) is 4.39 Å². The topological polar surface area (TPSA) is 40.8 Å². The fourth-order valence-corrected chi connectivity index (χ4v) is 2.68. The number of aliphatic hydroxyl groups excluding tert-OH is 1. The molecule has 1 aromatic carbocycles. The number of halogens is 1. The Kier molecular flexibility index (Phi) is 4.18. The minimum atomic E-state index is -0.292. The second-order valence-corrected chi connectivity index (χ2v) is 5.35. The van der Waals surface area contributed by atoms with Crippen LogP contribution in [0, 0.1) is 5.82 Å². The molecule has 2 aromatic heterocycles. The predicted octanol–water partition coefficient (Wildman–Crippen LogP) is 2.64. The van der Waals surface area contributed by atoms with Gasteiger partial charge in [-0.15, -0.1) is 0 Å². The highest BCUT2D eigenvalue weighted by Gasteiger charge is 2.18. The summed E-state index contributed by atoms with van der Waals surface area (Å²) in [5, 5.41) is 9.70. The number of nitrogens with zero attached hydrogens (tertiary/aromatic N) is 3. The Morgan fingerprint density at radius 2 is 2.14 bits per heavy atom. The van der Waals surface area contributed by atoms with Gasteiger partial charge >= 0.3 is 0 Å². The van der Waals surface area contributed by atoms with Crippen LogP contribution in [0.3, 0.4) is 0 Å². The maximum atomic E-state index is 13.4. The van der Waals surface area contributed by atoms with Crippen LogP contribution in [0.1, 0.15) is 17.3 Å². The van der Waals surface area contributed by atoms with Gasteiger partial charge in [-0.1, -0.05) is 18.2 Å². The van der Waals surface area contributed by atoms with Gasteiger partial charge in [-0.3, -0.25) is 4.90 Å². The molecule has 2 heterocycles. The number of hydrogen-bond acceptors (Lipinski definition) is 3. The molecular weight excluding hydrogens is 281 g/mol.